The van der Waals surface area contributed by atoms with Crippen LogP contribution in [-0.4, -0.2) is 21.5 Å². The van der Waals surface area contributed by atoms with Crippen molar-refractivity contribution in [3.8, 4) is 11.3 Å². The molecule has 0 saturated carbocycles. The number of aromatic nitrogens is 3. The van der Waals surface area contributed by atoms with E-state index in [2.05, 4.69) is 26.2 Å². The number of nitrogens with zero attached hydrogens (tertiary/aromatic N) is 3. The third-order valence-electron chi connectivity index (χ3n) is 2.10. The van der Waals surface area contributed by atoms with E-state index in [-0.39, 0.29) is 0 Å². The zero-order valence-electron chi connectivity index (χ0n) is 8.40. The summed E-state index contributed by atoms with van der Waals surface area (Å²) in [5.74, 6) is 0. The summed E-state index contributed by atoms with van der Waals surface area (Å²) in [6.45, 7) is 1.20. The molecule has 0 bridgehead atoms. The van der Waals surface area contributed by atoms with Crippen molar-refractivity contribution in [1.82, 2.24) is 15.0 Å². The molecule has 0 aliphatic rings. The van der Waals surface area contributed by atoms with Crippen molar-refractivity contribution in [3.05, 3.63) is 33.9 Å². The van der Waals surface area contributed by atoms with Gasteiger partial charge in [-0.2, -0.15) is 0 Å². The van der Waals surface area contributed by atoms with E-state index in [1.807, 2.05) is 24.4 Å². The Morgan fingerprint density at radius 3 is 3.00 bits per heavy atom. The zero-order valence-corrected chi connectivity index (χ0v) is 10.7. The van der Waals surface area contributed by atoms with Crippen LogP contribution in [0.25, 0.3) is 11.3 Å². The maximum atomic E-state index is 5.94. The third kappa shape index (κ3) is 2.42. The van der Waals surface area contributed by atoms with Crippen LogP contribution in [-0.2, 0) is 6.54 Å². The van der Waals surface area contributed by atoms with E-state index in [4.69, 9.17) is 17.3 Å². The first-order chi connectivity index (χ1) is 7.70. The Morgan fingerprint density at radius 2 is 2.25 bits per heavy atom. The molecule has 0 unspecified atom stereocenters. The largest absolute Gasteiger partial charge is 0.329 e. The highest BCUT2D eigenvalue weighted by Crippen LogP contribution is 2.29. The monoisotopic (exact) mass is 300 g/mol. The van der Waals surface area contributed by atoms with Crippen molar-refractivity contribution < 1.29 is 0 Å². The molecule has 0 aliphatic heterocycles. The summed E-state index contributed by atoms with van der Waals surface area (Å²) >= 11 is 9.39. The minimum atomic E-state index is 0.541. The second kappa shape index (κ2) is 4.95. The van der Waals surface area contributed by atoms with E-state index in [1.165, 1.54) is 0 Å². The second-order valence-corrected chi connectivity index (χ2v) is 4.57. The lowest BCUT2D eigenvalue weighted by Gasteiger charge is -2.00. The Labute approximate surface area is 107 Å². The van der Waals surface area contributed by atoms with Gasteiger partial charge in [-0.05, 0) is 18.2 Å². The van der Waals surface area contributed by atoms with Gasteiger partial charge in [0.15, 0.2) is 0 Å². The SMILES string of the molecule is NCCn1cc(-c2cc(Cl)ccc2Br)nn1. The molecule has 84 valence electrons. The molecule has 4 nitrogen and oxygen atoms in total. The van der Waals surface area contributed by atoms with E-state index in [9.17, 15) is 0 Å². The zero-order chi connectivity index (χ0) is 11.5. The molecule has 2 N–H and O–H groups in total. The average Bonchev–Trinajstić information content (AvgIpc) is 2.71. The smallest absolute Gasteiger partial charge is 0.114 e. The van der Waals surface area contributed by atoms with E-state index in [1.54, 1.807) is 4.68 Å². The van der Waals surface area contributed by atoms with Crippen LogP contribution in [0.2, 0.25) is 5.02 Å². The van der Waals surface area contributed by atoms with Gasteiger partial charge in [0.1, 0.15) is 5.69 Å². The molecule has 16 heavy (non-hydrogen) atoms. The molecular weight excluding hydrogens is 291 g/mol. The standard InChI is InChI=1S/C10H10BrClN4/c11-9-2-1-7(12)5-8(9)10-6-16(4-3-13)15-14-10/h1-2,5-6H,3-4,13H2. The summed E-state index contributed by atoms with van der Waals surface area (Å²) < 4.78 is 2.65. The molecule has 0 atom stereocenters. The van der Waals surface area contributed by atoms with E-state index in [0.717, 1.165) is 15.7 Å². The molecule has 1 aromatic heterocycles. The van der Waals surface area contributed by atoms with Gasteiger partial charge in [0.25, 0.3) is 0 Å². The topological polar surface area (TPSA) is 56.7 Å². The molecule has 0 radical (unpaired) electrons. The molecule has 2 aromatic rings. The molecule has 0 amide bonds. The van der Waals surface area contributed by atoms with E-state index >= 15 is 0 Å². The number of hydrogen-bond acceptors (Lipinski definition) is 3. The lowest BCUT2D eigenvalue weighted by Crippen LogP contribution is -2.10. The molecule has 2 rings (SSSR count). The van der Waals surface area contributed by atoms with Crippen molar-refractivity contribution in [1.29, 1.82) is 0 Å². The molecule has 6 heteroatoms. The Kier molecular flexibility index (Phi) is 3.58. The van der Waals surface area contributed by atoms with Crippen LogP contribution in [0.15, 0.2) is 28.9 Å². The quantitative estimate of drug-likeness (QED) is 0.946. The number of hydrogen-bond donors (Lipinski definition) is 1. The Bertz CT molecular complexity index is 497. The van der Waals surface area contributed by atoms with Crippen LogP contribution in [0, 0.1) is 0 Å². The van der Waals surface area contributed by atoms with E-state index in [0.29, 0.717) is 18.1 Å². The van der Waals surface area contributed by atoms with Crippen LogP contribution in [0.4, 0.5) is 0 Å². The Hall–Kier alpha value is -0.910. The minimum absolute atomic E-state index is 0.541. The van der Waals surface area contributed by atoms with Gasteiger partial charge < -0.3 is 5.73 Å². The molecule has 0 spiro atoms. The number of benzene rings is 1. The van der Waals surface area contributed by atoms with Crippen molar-refractivity contribution in [2.45, 2.75) is 6.54 Å². The first-order valence-corrected chi connectivity index (χ1v) is 5.93. The summed E-state index contributed by atoms with van der Waals surface area (Å²) in [5.41, 5.74) is 7.15. The van der Waals surface area contributed by atoms with E-state index < -0.39 is 0 Å². The van der Waals surface area contributed by atoms with Gasteiger partial charge in [0, 0.05) is 21.6 Å². The van der Waals surface area contributed by atoms with Gasteiger partial charge >= 0.3 is 0 Å². The fourth-order valence-corrected chi connectivity index (χ4v) is 1.98. The average molecular weight is 302 g/mol. The predicted molar refractivity (Wildman–Crippen MR) is 67.2 cm³/mol. The summed E-state index contributed by atoms with van der Waals surface area (Å²) in [6.07, 6.45) is 1.85. The lowest BCUT2D eigenvalue weighted by atomic mass is 10.2. The second-order valence-electron chi connectivity index (χ2n) is 3.28. The number of rotatable bonds is 3. The highest BCUT2D eigenvalue weighted by Gasteiger charge is 2.08. The highest BCUT2D eigenvalue weighted by atomic mass is 79.9. The summed E-state index contributed by atoms with van der Waals surface area (Å²) in [6, 6.07) is 5.56. The van der Waals surface area contributed by atoms with Crippen molar-refractivity contribution in [3.63, 3.8) is 0 Å². The van der Waals surface area contributed by atoms with Gasteiger partial charge in [-0.15, -0.1) is 5.10 Å². The number of nitrogens with two attached hydrogens (primary N) is 1. The van der Waals surface area contributed by atoms with Gasteiger partial charge in [-0.25, -0.2) is 0 Å². The molecule has 0 fully saturated rings. The summed E-state index contributed by atoms with van der Waals surface area (Å²) in [5, 5.41) is 8.72. The fourth-order valence-electron chi connectivity index (χ4n) is 1.36. The minimum Gasteiger partial charge on any atom is -0.329 e. The van der Waals surface area contributed by atoms with Gasteiger partial charge in [0.05, 0.1) is 12.7 Å². The summed E-state index contributed by atoms with van der Waals surface area (Å²) in [4.78, 5) is 0. The molecular formula is C10H10BrClN4. The van der Waals surface area contributed by atoms with Crippen LogP contribution < -0.4 is 5.73 Å². The first kappa shape index (κ1) is 11.6. The molecule has 1 aromatic carbocycles. The van der Waals surface area contributed by atoms with Crippen molar-refractivity contribution in [2.24, 2.45) is 5.73 Å². The number of halogens is 2. The van der Waals surface area contributed by atoms with Crippen LogP contribution in [0.3, 0.4) is 0 Å². The molecule has 1 heterocycles. The Morgan fingerprint density at radius 1 is 1.44 bits per heavy atom. The van der Waals surface area contributed by atoms with Crippen molar-refractivity contribution >= 4 is 27.5 Å². The van der Waals surface area contributed by atoms with Gasteiger partial charge in [-0.1, -0.05) is 32.7 Å². The summed E-state index contributed by atoms with van der Waals surface area (Å²) in [7, 11) is 0. The fraction of sp³-hybridized carbons (Fsp3) is 0.200. The van der Waals surface area contributed by atoms with Crippen molar-refractivity contribution in [2.75, 3.05) is 6.54 Å². The molecule has 0 saturated heterocycles. The predicted octanol–water partition coefficient (Wildman–Crippen LogP) is 2.32. The highest BCUT2D eigenvalue weighted by molar-refractivity contribution is 9.10. The first-order valence-electron chi connectivity index (χ1n) is 4.76. The maximum absolute atomic E-state index is 5.94. The van der Waals surface area contributed by atoms with Crippen LogP contribution in [0.5, 0.6) is 0 Å². The third-order valence-corrected chi connectivity index (χ3v) is 3.03. The molecule has 0 aliphatic carbocycles. The maximum Gasteiger partial charge on any atom is 0.114 e. The Balaban J connectivity index is 2.38. The van der Waals surface area contributed by atoms with Gasteiger partial charge in [-0.3, -0.25) is 4.68 Å². The van der Waals surface area contributed by atoms with Crippen LogP contribution in [0.1, 0.15) is 0 Å². The lowest BCUT2D eigenvalue weighted by molar-refractivity contribution is 0.598. The normalized spacial score (nSPS) is 10.7. The van der Waals surface area contributed by atoms with Crippen LogP contribution >= 0.6 is 27.5 Å². The van der Waals surface area contributed by atoms with Gasteiger partial charge in [0.2, 0.25) is 0 Å².